The second-order valence-corrected chi connectivity index (χ2v) is 8.52. The number of fused-ring (bicyclic) bond motifs is 1. The highest BCUT2D eigenvalue weighted by Crippen LogP contribution is 2.27. The number of benzene rings is 3. The van der Waals surface area contributed by atoms with E-state index in [1.165, 1.54) is 11.3 Å². The molecule has 0 aliphatic carbocycles. The number of carbonyl (C=O) groups is 1. The van der Waals surface area contributed by atoms with Crippen molar-refractivity contribution in [2.45, 2.75) is 32.6 Å². The molecule has 3 heteroatoms. The van der Waals surface area contributed by atoms with Crippen LogP contribution < -0.4 is 5.32 Å². The minimum atomic E-state index is -0.0107. The van der Waals surface area contributed by atoms with Crippen molar-refractivity contribution >= 4 is 22.5 Å². The fraction of sp³-hybridized carbons (Fsp3) is 0.192. The summed E-state index contributed by atoms with van der Waals surface area (Å²) >= 11 is 0. The highest BCUT2D eigenvalue weighted by molar-refractivity contribution is 5.95. The molecule has 1 amide bonds. The van der Waals surface area contributed by atoms with Crippen molar-refractivity contribution in [1.82, 2.24) is 4.98 Å². The number of aromatic nitrogens is 1. The largest absolute Gasteiger partial charge is 0.358 e. The van der Waals surface area contributed by atoms with Crippen LogP contribution in [0.25, 0.3) is 22.0 Å². The number of H-pyrrole nitrogens is 1. The van der Waals surface area contributed by atoms with Gasteiger partial charge in [-0.25, -0.2) is 0 Å². The molecule has 0 aliphatic rings. The molecule has 2 N–H and O–H groups in total. The molecule has 1 heterocycles. The summed E-state index contributed by atoms with van der Waals surface area (Å²) < 4.78 is 0. The van der Waals surface area contributed by atoms with Crippen LogP contribution in [0.1, 0.15) is 32.0 Å². The molecule has 0 unspecified atom stereocenters. The van der Waals surface area contributed by atoms with Gasteiger partial charge in [0.05, 0.1) is 6.42 Å². The Morgan fingerprint density at radius 1 is 0.862 bits per heavy atom. The van der Waals surface area contributed by atoms with E-state index in [9.17, 15) is 4.79 Å². The molecule has 0 atom stereocenters. The van der Waals surface area contributed by atoms with E-state index in [1.807, 2.05) is 48.5 Å². The fourth-order valence-electron chi connectivity index (χ4n) is 3.45. The SMILES string of the molecule is CC(C)(C)c1cc2cc(NC(=O)Cc3ccc(-c4ccccc4)cc3)ccc2[nH]1. The second-order valence-electron chi connectivity index (χ2n) is 8.52. The maximum absolute atomic E-state index is 12.5. The molecular formula is C26H26N2O. The van der Waals surface area contributed by atoms with Crippen LogP contribution in [0, 0.1) is 0 Å². The lowest BCUT2D eigenvalue weighted by molar-refractivity contribution is -0.115. The summed E-state index contributed by atoms with van der Waals surface area (Å²) in [6, 6.07) is 26.6. The van der Waals surface area contributed by atoms with Crippen molar-refractivity contribution in [2.75, 3.05) is 5.32 Å². The van der Waals surface area contributed by atoms with E-state index in [0.29, 0.717) is 6.42 Å². The molecular weight excluding hydrogens is 356 g/mol. The molecule has 0 aliphatic heterocycles. The monoisotopic (exact) mass is 382 g/mol. The highest BCUT2D eigenvalue weighted by atomic mass is 16.1. The summed E-state index contributed by atoms with van der Waals surface area (Å²) in [5.41, 5.74) is 6.50. The number of amides is 1. The van der Waals surface area contributed by atoms with E-state index in [-0.39, 0.29) is 11.3 Å². The van der Waals surface area contributed by atoms with Gasteiger partial charge < -0.3 is 10.3 Å². The van der Waals surface area contributed by atoms with Gasteiger partial charge in [-0.05, 0) is 41.0 Å². The van der Waals surface area contributed by atoms with Gasteiger partial charge in [0, 0.05) is 27.7 Å². The predicted molar refractivity (Wildman–Crippen MR) is 121 cm³/mol. The zero-order chi connectivity index (χ0) is 20.4. The molecule has 0 spiro atoms. The van der Waals surface area contributed by atoms with Crippen LogP contribution in [0.15, 0.2) is 78.9 Å². The topological polar surface area (TPSA) is 44.9 Å². The summed E-state index contributed by atoms with van der Waals surface area (Å²) in [5.74, 6) is -0.0107. The van der Waals surface area contributed by atoms with E-state index in [2.05, 4.69) is 61.4 Å². The van der Waals surface area contributed by atoms with Crippen molar-refractivity contribution in [3.8, 4) is 11.1 Å². The molecule has 0 saturated heterocycles. The zero-order valence-corrected chi connectivity index (χ0v) is 17.1. The Kier molecular flexibility index (Phi) is 4.98. The summed E-state index contributed by atoms with van der Waals surface area (Å²) in [5, 5.41) is 4.14. The van der Waals surface area contributed by atoms with Crippen LogP contribution in [-0.4, -0.2) is 10.9 Å². The lowest BCUT2D eigenvalue weighted by atomic mass is 9.92. The van der Waals surface area contributed by atoms with Gasteiger partial charge in [0.25, 0.3) is 0 Å². The normalized spacial score (nSPS) is 11.6. The van der Waals surface area contributed by atoms with Crippen molar-refractivity contribution in [1.29, 1.82) is 0 Å². The number of hydrogen-bond acceptors (Lipinski definition) is 1. The summed E-state index contributed by atoms with van der Waals surface area (Å²) in [7, 11) is 0. The smallest absolute Gasteiger partial charge is 0.228 e. The third kappa shape index (κ3) is 4.40. The molecule has 29 heavy (non-hydrogen) atoms. The second kappa shape index (κ2) is 7.59. The van der Waals surface area contributed by atoms with Crippen LogP contribution in [0.4, 0.5) is 5.69 Å². The first kappa shape index (κ1) is 19.0. The third-order valence-corrected chi connectivity index (χ3v) is 5.14. The first-order chi connectivity index (χ1) is 13.9. The predicted octanol–water partition coefficient (Wildman–Crippen LogP) is 6.31. The van der Waals surface area contributed by atoms with Crippen LogP contribution in [0.3, 0.4) is 0 Å². The fourth-order valence-corrected chi connectivity index (χ4v) is 3.45. The molecule has 0 fully saturated rings. The van der Waals surface area contributed by atoms with Gasteiger partial charge in [-0.15, -0.1) is 0 Å². The molecule has 4 rings (SSSR count). The molecule has 146 valence electrons. The average Bonchev–Trinajstić information content (AvgIpc) is 3.13. The quantitative estimate of drug-likeness (QED) is 0.426. The lowest BCUT2D eigenvalue weighted by Crippen LogP contribution is -2.14. The zero-order valence-electron chi connectivity index (χ0n) is 17.1. The van der Waals surface area contributed by atoms with Crippen molar-refractivity contribution < 1.29 is 4.79 Å². The molecule has 0 radical (unpaired) electrons. The summed E-state index contributed by atoms with van der Waals surface area (Å²) in [6.45, 7) is 6.55. The molecule has 0 saturated carbocycles. The van der Waals surface area contributed by atoms with Crippen molar-refractivity contribution in [3.05, 3.63) is 90.1 Å². The van der Waals surface area contributed by atoms with Gasteiger partial charge in [0.15, 0.2) is 0 Å². The first-order valence-electron chi connectivity index (χ1n) is 9.96. The Morgan fingerprint density at radius 2 is 1.55 bits per heavy atom. The van der Waals surface area contributed by atoms with E-state index in [4.69, 9.17) is 0 Å². The molecule has 1 aromatic heterocycles. The number of hydrogen-bond donors (Lipinski definition) is 2. The van der Waals surface area contributed by atoms with Crippen LogP contribution >= 0.6 is 0 Å². The number of nitrogens with one attached hydrogen (secondary N) is 2. The lowest BCUT2D eigenvalue weighted by Gasteiger charge is -2.15. The maximum Gasteiger partial charge on any atom is 0.228 e. The number of rotatable bonds is 4. The minimum absolute atomic E-state index is 0.0107. The average molecular weight is 383 g/mol. The van der Waals surface area contributed by atoms with Crippen LogP contribution in [-0.2, 0) is 16.6 Å². The minimum Gasteiger partial charge on any atom is -0.358 e. The number of anilines is 1. The Bertz CT molecular complexity index is 1130. The Balaban J connectivity index is 1.44. The van der Waals surface area contributed by atoms with Crippen molar-refractivity contribution in [2.24, 2.45) is 0 Å². The Morgan fingerprint density at radius 3 is 2.24 bits per heavy atom. The van der Waals surface area contributed by atoms with Gasteiger partial charge >= 0.3 is 0 Å². The Hall–Kier alpha value is -3.33. The maximum atomic E-state index is 12.5. The van der Waals surface area contributed by atoms with Gasteiger partial charge in [-0.2, -0.15) is 0 Å². The van der Waals surface area contributed by atoms with Gasteiger partial charge in [0.2, 0.25) is 5.91 Å². The van der Waals surface area contributed by atoms with Gasteiger partial charge in [-0.3, -0.25) is 4.79 Å². The molecule has 3 nitrogen and oxygen atoms in total. The highest BCUT2D eigenvalue weighted by Gasteiger charge is 2.16. The van der Waals surface area contributed by atoms with E-state index < -0.39 is 0 Å². The molecule has 0 bridgehead atoms. The van der Waals surface area contributed by atoms with Gasteiger partial charge in [-0.1, -0.05) is 75.4 Å². The summed E-state index contributed by atoms with van der Waals surface area (Å²) in [6.07, 6.45) is 0.355. The first-order valence-corrected chi connectivity index (χ1v) is 9.96. The van der Waals surface area contributed by atoms with E-state index in [0.717, 1.165) is 27.7 Å². The molecule has 3 aromatic carbocycles. The standard InChI is InChI=1S/C26H26N2O/c1-26(2,3)24-17-21-16-22(13-14-23(21)28-24)27-25(29)15-18-9-11-20(12-10-18)19-7-5-4-6-8-19/h4-14,16-17,28H,15H2,1-3H3,(H,27,29). The summed E-state index contributed by atoms with van der Waals surface area (Å²) in [4.78, 5) is 16.0. The van der Waals surface area contributed by atoms with Crippen LogP contribution in [0.2, 0.25) is 0 Å². The molecule has 4 aromatic rings. The van der Waals surface area contributed by atoms with Crippen LogP contribution in [0.5, 0.6) is 0 Å². The van der Waals surface area contributed by atoms with E-state index >= 15 is 0 Å². The van der Waals surface area contributed by atoms with E-state index in [1.54, 1.807) is 0 Å². The van der Waals surface area contributed by atoms with Gasteiger partial charge in [0.1, 0.15) is 0 Å². The third-order valence-electron chi connectivity index (χ3n) is 5.14. The number of carbonyl (C=O) groups excluding carboxylic acids is 1. The number of aromatic amines is 1. The van der Waals surface area contributed by atoms with Crippen molar-refractivity contribution in [3.63, 3.8) is 0 Å². The Labute approximate surface area is 171 Å².